The zero-order chi connectivity index (χ0) is 26.4. The van der Waals surface area contributed by atoms with Crippen molar-refractivity contribution < 1.29 is 19.4 Å². The van der Waals surface area contributed by atoms with Gasteiger partial charge in [-0.3, -0.25) is 4.79 Å². The van der Waals surface area contributed by atoms with E-state index in [9.17, 15) is 9.90 Å². The number of aliphatic hydroxyl groups is 1. The summed E-state index contributed by atoms with van der Waals surface area (Å²) >= 11 is 6.49. The molecule has 3 N–H and O–H groups in total. The van der Waals surface area contributed by atoms with Gasteiger partial charge in [-0.15, -0.1) is 0 Å². The molecule has 0 spiro atoms. The van der Waals surface area contributed by atoms with Crippen molar-refractivity contribution in [1.82, 2.24) is 4.90 Å². The Hall–Kier alpha value is -2.12. The Morgan fingerprint density at radius 1 is 1.16 bits per heavy atom. The third-order valence-electron chi connectivity index (χ3n) is 8.12. The van der Waals surface area contributed by atoms with Gasteiger partial charge in [-0.1, -0.05) is 41.9 Å². The molecule has 1 saturated heterocycles. The van der Waals surface area contributed by atoms with E-state index in [0.29, 0.717) is 36.1 Å². The summed E-state index contributed by atoms with van der Waals surface area (Å²) in [6.07, 6.45) is 6.43. The molecule has 37 heavy (non-hydrogen) atoms. The maximum Gasteiger partial charge on any atom is 0.225 e. The second-order valence-corrected chi connectivity index (χ2v) is 11.2. The third-order valence-corrected chi connectivity index (χ3v) is 8.41. The molecule has 202 valence electrons. The van der Waals surface area contributed by atoms with Crippen molar-refractivity contribution in [3.05, 3.63) is 58.6 Å². The molecule has 2 aromatic carbocycles. The Morgan fingerprint density at radius 3 is 2.70 bits per heavy atom. The summed E-state index contributed by atoms with van der Waals surface area (Å²) in [5.41, 5.74) is 6.61. The molecular formula is C30H41ClN2O4. The minimum Gasteiger partial charge on any atom is -0.455 e. The molecule has 2 aliphatic rings. The number of amides is 1. The predicted octanol–water partition coefficient (Wildman–Crippen LogP) is 5.81. The van der Waals surface area contributed by atoms with E-state index in [2.05, 4.69) is 0 Å². The average Bonchev–Trinajstić information content (AvgIpc) is 3.35. The Morgan fingerprint density at radius 2 is 1.97 bits per heavy atom. The molecule has 4 rings (SSSR count). The van der Waals surface area contributed by atoms with Gasteiger partial charge in [0.15, 0.2) is 0 Å². The lowest BCUT2D eigenvalue weighted by molar-refractivity contribution is -0.141. The number of likely N-dealkylation sites (tertiary alicyclic amines) is 1. The number of aryl methyl sites for hydroxylation is 1. The normalized spacial score (nSPS) is 23.6. The largest absolute Gasteiger partial charge is 0.455 e. The predicted molar refractivity (Wildman–Crippen MR) is 147 cm³/mol. The number of piperidine rings is 1. The van der Waals surface area contributed by atoms with E-state index in [4.69, 9.17) is 26.8 Å². The van der Waals surface area contributed by atoms with E-state index in [1.54, 1.807) is 7.11 Å². The first-order valence-electron chi connectivity index (χ1n) is 13.6. The van der Waals surface area contributed by atoms with Crippen LogP contribution in [0.2, 0.25) is 5.02 Å². The number of para-hydroxylation sites is 2. The lowest BCUT2D eigenvalue weighted by atomic mass is 9.73. The van der Waals surface area contributed by atoms with Crippen molar-refractivity contribution in [1.29, 1.82) is 0 Å². The zero-order valence-electron chi connectivity index (χ0n) is 22.1. The van der Waals surface area contributed by atoms with Crippen LogP contribution in [-0.2, 0) is 15.1 Å². The van der Waals surface area contributed by atoms with Crippen LogP contribution in [0.3, 0.4) is 0 Å². The van der Waals surface area contributed by atoms with Gasteiger partial charge in [0.25, 0.3) is 0 Å². The fourth-order valence-corrected chi connectivity index (χ4v) is 6.30. The molecule has 1 amide bonds. The van der Waals surface area contributed by atoms with Crippen molar-refractivity contribution >= 4 is 17.5 Å². The number of benzene rings is 2. The number of halogens is 1. The van der Waals surface area contributed by atoms with E-state index in [-0.39, 0.29) is 23.8 Å². The number of hydrogen-bond donors (Lipinski definition) is 2. The lowest BCUT2D eigenvalue weighted by Gasteiger charge is -2.44. The first kappa shape index (κ1) is 27.9. The van der Waals surface area contributed by atoms with E-state index in [1.165, 1.54) is 0 Å². The highest BCUT2D eigenvalue weighted by Gasteiger charge is 2.44. The topological polar surface area (TPSA) is 85.0 Å². The highest BCUT2D eigenvalue weighted by Crippen LogP contribution is 2.45. The number of carbonyl (C=O) groups is 1. The van der Waals surface area contributed by atoms with Crippen molar-refractivity contribution in [3.8, 4) is 11.5 Å². The van der Waals surface area contributed by atoms with Gasteiger partial charge in [-0.05, 0) is 76.0 Å². The summed E-state index contributed by atoms with van der Waals surface area (Å²) in [5, 5.41) is 13.0. The maximum atomic E-state index is 13.4. The summed E-state index contributed by atoms with van der Waals surface area (Å²) in [5.74, 6) is 1.27. The minimum absolute atomic E-state index is 0.00219. The van der Waals surface area contributed by atoms with E-state index < -0.39 is 5.60 Å². The number of methoxy groups -OCH3 is 1. The van der Waals surface area contributed by atoms with Crippen LogP contribution >= 0.6 is 11.6 Å². The first-order chi connectivity index (χ1) is 17.8. The Labute approximate surface area is 226 Å². The molecule has 1 saturated carbocycles. The molecule has 6 nitrogen and oxygen atoms in total. The van der Waals surface area contributed by atoms with Crippen molar-refractivity contribution in [2.24, 2.45) is 17.6 Å². The monoisotopic (exact) mass is 528 g/mol. The summed E-state index contributed by atoms with van der Waals surface area (Å²) in [7, 11) is 1.70. The molecule has 2 aromatic rings. The second kappa shape index (κ2) is 12.6. The van der Waals surface area contributed by atoms with Crippen molar-refractivity contribution in [2.45, 2.75) is 69.9 Å². The number of rotatable bonds is 10. The average molecular weight is 529 g/mol. The molecule has 0 aromatic heterocycles. The molecule has 0 radical (unpaired) electrons. The second-order valence-electron chi connectivity index (χ2n) is 10.8. The van der Waals surface area contributed by atoms with E-state index >= 15 is 0 Å². The zero-order valence-corrected chi connectivity index (χ0v) is 22.9. The Bertz CT molecular complexity index is 1040. The van der Waals surface area contributed by atoms with Gasteiger partial charge in [0.05, 0.1) is 10.6 Å². The van der Waals surface area contributed by atoms with Gasteiger partial charge in [-0.25, -0.2) is 0 Å². The smallest absolute Gasteiger partial charge is 0.225 e. The van der Waals surface area contributed by atoms with Crippen LogP contribution in [-0.4, -0.2) is 48.8 Å². The van der Waals surface area contributed by atoms with Gasteiger partial charge in [0.1, 0.15) is 11.5 Å². The van der Waals surface area contributed by atoms with E-state index in [0.717, 1.165) is 62.6 Å². The number of nitrogens with two attached hydrogens (primary N) is 1. The molecular weight excluding hydrogens is 488 g/mol. The number of ether oxygens (including phenoxy) is 2. The number of nitrogens with zero attached hydrogens (tertiary/aromatic N) is 1. The van der Waals surface area contributed by atoms with Gasteiger partial charge >= 0.3 is 0 Å². The van der Waals surface area contributed by atoms with Gasteiger partial charge in [0.2, 0.25) is 5.91 Å². The highest BCUT2D eigenvalue weighted by atomic mass is 35.5. The van der Waals surface area contributed by atoms with Gasteiger partial charge < -0.3 is 25.2 Å². The Kier molecular flexibility index (Phi) is 9.51. The summed E-state index contributed by atoms with van der Waals surface area (Å²) in [6, 6.07) is 13.5. The summed E-state index contributed by atoms with van der Waals surface area (Å²) in [4.78, 5) is 15.3. The van der Waals surface area contributed by atoms with Crippen LogP contribution in [0.25, 0.3) is 0 Å². The van der Waals surface area contributed by atoms with Crippen molar-refractivity contribution in [2.75, 3.05) is 26.8 Å². The lowest BCUT2D eigenvalue weighted by Crippen LogP contribution is -2.49. The standard InChI is InChI=1S/C30H41ClN2O4/c1-21-9-7-12-26(31)28(21)37-27-13-4-3-11-25(27)30(35,16-5-6-18-36-2)23-10-8-17-33(20-23)29(34)22-14-15-24(32)19-22/h3-4,7,9,11-13,22-24,35H,5-6,8,10,14-20,32H2,1-2H3/t22?,23-,24?,30+/m1/s1. The molecule has 1 aliphatic carbocycles. The van der Waals surface area contributed by atoms with Crippen LogP contribution in [0.5, 0.6) is 11.5 Å². The molecule has 4 atom stereocenters. The molecule has 2 fully saturated rings. The molecule has 7 heteroatoms. The molecule has 1 aliphatic heterocycles. The molecule has 1 heterocycles. The van der Waals surface area contributed by atoms with E-state index in [1.807, 2.05) is 54.3 Å². The summed E-state index contributed by atoms with van der Waals surface area (Å²) < 4.78 is 11.7. The highest BCUT2D eigenvalue weighted by molar-refractivity contribution is 6.32. The number of hydrogen-bond acceptors (Lipinski definition) is 5. The van der Waals surface area contributed by atoms with Crippen LogP contribution in [0.15, 0.2) is 42.5 Å². The Balaban J connectivity index is 1.63. The van der Waals surface area contributed by atoms with Gasteiger partial charge in [0, 0.05) is 50.2 Å². The molecule has 2 unspecified atom stereocenters. The minimum atomic E-state index is -1.16. The van der Waals surface area contributed by atoms with Crippen LogP contribution in [0, 0.1) is 18.8 Å². The van der Waals surface area contributed by atoms with Gasteiger partial charge in [-0.2, -0.15) is 0 Å². The molecule has 0 bridgehead atoms. The SMILES string of the molecule is COCCCC[C@@](O)(c1ccccc1Oc1c(C)cccc1Cl)[C@@H]1CCCN(C(=O)C2CCC(N)C2)C1. The third kappa shape index (κ3) is 6.48. The fourth-order valence-electron chi connectivity index (χ4n) is 6.03. The maximum absolute atomic E-state index is 13.4. The quantitative estimate of drug-likeness (QED) is 0.380. The summed E-state index contributed by atoms with van der Waals surface area (Å²) in [6.45, 7) is 3.87. The first-order valence-corrected chi connectivity index (χ1v) is 14.0. The van der Waals surface area contributed by atoms with Crippen LogP contribution in [0.1, 0.15) is 62.5 Å². The number of unbranched alkanes of at least 4 members (excludes halogenated alkanes) is 1. The van der Waals surface area contributed by atoms with Crippen molar-refractivity contribution in [3.63, 3.8) is 0 Å². The fraction of sp³-hybridized carbons (Fsp3) is 0.567. The van der Waals surface area contributed by atoms with Crippen LogP contribution in [0.4, 0.5) is 0 Å². The van der Waals surface area contributed by atoms with Crippen LogP contribution < -0.4 is 10.5 Å². The number of carbonyl (C=O) groups excluding carboxylic acids is 1.